The van der Waals surface area contributed by atoms with Crippen molar-refractivity contribution in [2.45, 2.75) is 38.8 Å². The molecule has 3 aromatic carbocycles. The quantitative estimate of drug-likeness (QED) is 0.421. The summed E-state index contributed by atoms with van der Waals surface area (Å²) in [5.41, 5.74) is 4.27. The molecule has 0 spiro atoms. The summed E-state index contributed by atoms with van der Waals surface area (Å²) in [5, 5.41) is 10.9. The second-order valence-electron chi connectivity index (χ2n) is 9.14. The van der Waals surface area contributed by atoms with Crippen molar-refractivity contribution in [1.82, 2.24) is 9.55 Å². The molecule has 7 heteroatoms. The predicted octanol–water partition coefficient (Wildman–Crippen LogP) is 4.75. The van der Waals surface area contributed by atoms with Crippen molar-refractivity contribution in [2.75, 3.05) is 18.1 Å². The molecule has 5 rings (SSSR count). The number of benzene rings is 3. The molecule has 6 nitrogen and oxygen atoms in total. The van der Waals surface area contributed by atoms with Gasteiger partial charge >= 0.3 is 0 Å². The zero-order chi connectivity index (χ0) is 24.5. The minimum absolute atomic E-state index is 0.124. The lowest BCUT2D eigenvalue weighted by Gasteiger charge is -2.19. The summed E-state index contributed by atoms with van der Waals surface area (Å²) < 4.78 is 22.2. The molecule has 0 radical (unpaired) electrons. The van der Waals surface area contributed by atoms with Crippen LogP contribution in [0.25, 0.3) is 11.0 Å². The lowest BCUT2D eigenvalue weighted by Crippen LogP contribution is -2.27. The van der Waals surface area contributed by atoms with Crippen LogP contribution in [0, 0.1) is 19.7 Å². The molecule has 1 aliphatic heterocycles. The number of aliphatic hydroxyl groups is 1. The molecule has 4 aromatic rings. The van der Waals surface area contributed by atoms with E-state index in [1.54, 1.807) is 18.2 Å². The Morgan fingerprint density at radius 1 is 1.09 bits per heavy atom. The second kappa shape index (κ2) is 9.50. The van der Waals surface area contributed by atoms with Gasteiger partial charge in [-0.25, -0.2) is 9.37 Å². The van der Waals surface area contributed by atoms with Crippen LogP contribution in [0.4, 0.5) is 10.1 Å². The number of aromatic nitrogens is 2. The third kappa shape index (κ3) is 4.64. The number of carbonyl (C=O) groups is 1. The number of hydrogen-bond acceptors (Lipinski definition) is 4. The summed E-state index contributed by atoms with van der Waals surface area (Å²) in [6.45, 7) is 4.79. The third-order valence-electron chi connectivity index (χ3n) is 6.63. The number of para-hydroxylation sites is 3. The highest BCUT2D eigenvalue weighted by atomic mass is 19.1. The van der Waals surface area contributed by atoms with Gasteiger partial charge in [-0.2, -0.15) is 0 Å². The summed E-state index contributed by atoms with van der Waals surface area (Å²) in [6, 6.07) is 19.9. The Hall–Kier alpha value is -3.71. The van der Waals surface area contributed by atoms with Crippen LogP contribution in [-0.2, 0) is 11.3 Å². The molecular formula is C28H28FN3O3. The largest absolute Gasteiger partial charge is 0.491 e. The van der Waals surface area contributed by atoms with E-state index in [9.17, 15) is 14.3 Å². The number of amides is 1. The molecule has 35 heavy (non-hydrogen) atoms. The van der Waals surface area contributed by atoms with Crippen LogP contribution in [-0.4, -0.2) is 39.8 Å². The zero-order valence-corrected chi connectivity index (χ0v) is 19.8. The number of fused-ring (bicyclic) bond motifs is 1. The number of rotatable bonds is 7. The van der Waals surface area contributed by atoms with Crippen LogP contribution in [0.2, 0.25) is 0 Å². The van der Waals surface area contributed by atoms with E-state index in [0.717, 1.165) is 16.6 Å². The molecule has 0 aliphatic carbocycles. The standard InChI is InChI=1S/C28H28FN3O3/c1-18-11-12-22(13-19(18)2)35-17-21(33)16-32-26-10-6-4-8-24(26)30-28(32)20-14-27(34)31(15-20)25-9-5-3-7-23(25)29/h3-13,20-21,33H,14-17H2,1-2H3/t20-,21+/m1/s1. The predicted molar refractivity (Wildman–Crippen MR) is 133 cm³/mol. The van der Waals surface area contributed by atoms with Crippen molar-refractivity contribution < 1.29 is 19.0 Å². The first kappa shape index (κ1) is 23.1. The molecule has 2 atom stereocenters. The molecule has 0 unspecified atom stereocenters. The number of nitrogens with zero attached hydrogens (tertiary/aromatic N) is 3. The van der Waals surface area contributed by atoms with Crippen LogP contribution in [0.3, 0.4) is 0 Å². The van der Waals surface area contributed by atoms with Gasteiger partial charge in [0.2, 0.25) is 5.91 Å². The minimum atomic E-state index is -0.784. The fraction of sp³-hybridized carbons (Fsp3) is 0.286. The summed E-state index contributed by atoms with van der Waals surface area (Å²) in [4.78, 5) is 19.1. The third-order valence-corrected chi connectivity index (χ3v) is 6.63. The maximum atomic E-state index is 14.4. The number of aryl methyl sites for hydroxylation is 2. The number of ether oxygens (including phenoxy) is 1. The van der Waals surface area contributed by atoms with Crippen LogP contribution in [0.5, 0.6) is 5.75 Å². The number of carbonyl (C=O) groups excluding carboxylic acids is 1. The maximum absolute atomic E-state index is 14.4. The fourth-order valence-corrected chi connectivity index (χ4v) is 4.64. The van der Waals surface area contributed by atoms with Crippen molar-refractivity contribution in [1.29, 1.82) is 0 Å². The van der Waals surface area contributed by atoms with Gasteiger partial charge in [0.05, 0.1) is 23.3 Å². The van der Waals surface area contributed by atoms with Crippen molar-refractivity contribution in [2.24, 2.45) is 0 Å². The summed E-state index contributed by atoms with van der Waals surface area (Å²) in [7, 11) is 0. The van der Waals surface area contributed by atoms with Crippen molar-refractivity contribution in [3.63, 3.8) is 0 Å². The van der Waals surface area contributed by atoms with Gasteiger partial charge < -0.3 is 19.3 Å². The highest BCUT2D eigenvalue weighted by molar-refractivity contribution is 5.96. The summed E-state index contributed by atoms with van der Waals surface area (Å²) >= 11 is 0. The Morgan fingerprint density at radius 2 is 1.86 bits per heavy atom. The smallest absolute Gasteiger partial charge is 0.227 e. The molecule has 1 saturated heterocycles. The van der Waals surface area contributed by atoms with Crippen molar-refractivity contribution >= 4 is 22.6 Å². The van der Waals surface area contributed by atoms with E-state index < -0.39 is 11.9 Å². The van der Waals surface area contributed by atoms with E-state index in [1.165, 1.54) is 16.5 Å². The van der Waals surface area contributed by atoms with E-state index in [4.69, 9.17) is 9.72 Å². The lowest BCUT2D eigenvalue weighted by molar-refractivity contribution is -0.117. The number of aliphatic hydroxyl groups excluding tert-OH is 1. The van der Waals surface area contributed by atoms with Gasteiger partial charge in [0.15, 0.2) is 0 Å². The van der Waals surface area contributed by atoms with Gasteiger partial charge in [0, 0.05) is 18.9 Å². The number of hydrogen-bond donors (Lipinski definition) is 1. The molecule has 0 bridgehead atoms. The average molecular weight is 474 g/mol. The normalized spacial score (nSPS) is 16.7. The van der Waals surface area contributed by atoms with Crippen molar-refractivity contribution in [3.8, 4) is 5.75 Å². The fourth-order valence-electron chi connectivity index (χ4n) is 4.64. The molecule has 1 amide bonds. The summed E-state index contributed by atoms with van der Waals surface area (Å²) in [6.07, 6.45) is -0.555. The number of anilines is 1. The van der Waals surface area contributed by atoms with Crippen LogP contribution < -0.4 is 9.64 Å². The van der Waals surface area contributed by atoms with Crippen LogP contribution >= 0.6 is 0 Å². The molecule has 1 aromatic heterocycles. The Morgan fingerprint density at radius 3 is 2.66 bits per heavy atom. The van der Waals surface area contributed by atoms with Crippen molar-refractivity contribution in [3.05, 3.63) is 89.5 Å². The maximum Gasteiger partial charge on any atom is 0.227 e. The Kier molecular flexibility index (Phi) is 6.26. The summed E-state index contributed by atoms with van der Waals surface area (Å²) in [5.74, 6) is 0.641. The molecule has 0 saturated carbocycles. The van der Waals surface area contributed by atoms with Gasteiger partial charge in [0.1, 0.15) is 30.1 Å². The monoisotopic (exact) mass is 473 g/mol. The Bertz CT molecular complexity index is 1380. The first-order valence-electron chi connectivity index (χ1n) is 11.8. The zero-order valence-electron chi connectivity index (χ0n) is 19.8. The van der Waals surface area contributed by atoms with Crippen LogP contribution in [0.1, 0.15) is 29.3 Å². The van der Waals surface area contributed by atoms with Gasteiger partial charge in [0.25, 0.3) is 0 Å². The second-order valence-corrected chi connectivity index (χ2v) is 9.14. The topological polar surface area (TPSA) is 67.6 Å². The van der Waals surface area contributed by atoms with E-state index >= 15 is 0 Å². The molecule has 1 N–H and O–H groups in total. The lowest BCUT2D eigenvalue weighted by atomic mass is 10.1. The minimum Gasteiger partial charge on any atom is -0.491 e. The first-order valence-corrected chi connectivity index (χ1v) is 11.8. The van der Waals surface area contributed by atoms with E-state index in [-0.39, 0.29) is 37.1 Å². The SMILES string of the molecule is Cc1ccc(OC[C@@H](O)Cn2c([C@@H]3CC(=O)N(c4ccccc4F)C3)nc3ccccc32)cc1C. The Balaban J connectivity index is 1.38. The molecule has 1 fully saturated rings. The van der Waals surface area contributed by atoms with Gasteiger partial charge in [-0.05, 0) is 61.4 Å². The molecular weight excluding hydrogens is 445 g/mol. The highest BCUT2D eigenvalue weighted by Crippen LogP contribution is 2.34. The molecule has 2 heterocycles. The van der Waals surface area contributed by atoms with E-state index in [1.807, 2.05) is 60.9 Å². The van der Waals surface area contributed by atoms with Gasteiger partial charge in [-0.1, -0.05) is 30.3 Å². The Labute approximate surface area is 203 Å². The van der Waals surface area contributed by atoms with Gasteiger partial charge in [-0.3, -0.25) is 4.79 Å². The molecule has 1 aliphatic rings. The average Bonchev–Trinajstić information content (AvgIpc) is 3.41. The van der Waals surface area contributed by atoms with Crippen LogP contribution in [0.15, 0.2) is 66.7 Å². The van der Waals surface area contributed by atoms with E-state index in [0.29, 0.717) is 18.1 Å². The molecule has 180 valence electrons. The van der Waals surface area contributed by atoms with E-state index in [2.05, 4.69) is 0 Å². The number of halogens is 1. The number of imidazole rings is 1. The highest BCUT2D eigenvalue weighted by Gasteiger charge is 2.36. The van der Waals surface area contributed by atoms with Gasteiger partial charge in [-0.15, -0.1) is 0 Å². The first-order chi connectivity index (χ1) is 16.9.